The van der Waals surface area contributed by atoms with Gasteiger partial charge in [-0.15, -0.1) is 0 Å². The van der Waals surface area contributed by atoms with E-state index in [1.165, 1.54) is 7.11 Å². The summed E-state index contributed by atoms with van der Waals surface area (Å²) < 4.78 is 16.3. The van der Waals surface area contributed by atoms with E-state index in [4.69, 9.17) is 14.2 Å². The number of halogens is 1. The Labute approximate surface area is 102 Å². The minimum absolute atomic E-state index is 0.393. The standard InChI is InChI=1S/C11H11BrO4/c1-14-10(13)7-3-2-4-8(12)9(7)11-15-5-6-16-11/h2-4,11H,5-6H2,1H3. The molecule has 0 saturated carbocycles. The van der Waals surface area contributed by atoms with Crippen molar-refractivity contribution in [1.82, 2.24) is 0 Å². The fraction of sp³-hybridized carbons (Fsp3) is 0.364. The van der Waals surface area contributed by atoms with E-state index >= 15 is 0 Å². The summed E-state index contributed by atoms with van der Waals surface area (Å²) in [6.07, 6.45) is -0.496. The van der Waals surface area contributed by atoms with Crippen molar-refractivity contribution >= 4 is 21.9 Å². The van der Waals surface area contributed by atoms with Gasteiger partial charge in [-0.2, -0.15) is 0 Å². The summed E-state index contributed by atoms with van der Waals surface area (Å²) in [7, 11) is 1.35. The van der Waals surface area contributed by atoms with E-state index < -0.39 is 12.3 Å². The van der Waals surface area contributed by atoms with Crippen LogP contribution < -0.4 is 0 Å². The molecule has 1 aromatic rings. The second-order valence-electron chi connectivity index (χ2n) is 3.27. The minimum atomic E-state index is -0.496. The van der Waals surface area contributed by atoms with Gasteiger partial charge in [-0.3, -0.25) is 0 Å². The molecular formula is C11H11BrO4. The predicted octanol–water partition coefficient (Wildman–Crippen LogP) is 2.28. The van der Waals surface area contributed by atoms with E-state index in [1.54, 1.807) is 12.1 Å². The summed E-state index contributed by atoms with van der Waals surface area (Å²) in [6, 6.07) is 5.30. The van der Waals surface area contributed by atoms with Gasteiger partial charge in [0.15, 0.2) is 6.29 Å². The van der Waals surface area contributed by atoms with Crippen LogP contribution in [0.3, 0.4) is 0 Å². The number of rotatable bonds is 2. The quantitative estimate of drug-likeness (QED) is 0.783. The molecule has 0 radical (unpaired) electrons. The zero-order valence-corrected chi connectivity index (χ0v) is 10.3. The maximum Gasteiger partial charge on any atom is 0.338 e. The largest absolute Gasteiger partial charge is 0.465 e. The van der Waals surface area contributed by atoms with Gasteiger partial charge in [0.05, 0.1) is 25.9 Å². The lowest BCUT2D eigenvalue weighted by Crippen LogP contribution is -2.10. The van der Waals surface area contributed by atoms with Crippen molar-refractivity contribution in [3.63, 3.8) is 0 Å². The van der Waals surface area contributed by atoms with Gasteiger partial charge in [0, 0.05) is 10.0 Å². The van der Waals surface area contributed by atoms with Crippen molar-refractivity contribution in [1.29, 1.82) is 0 Å². The number of carbonyl (C=O) groups excluding carboxylic acids is 1. The van der Waals surface area contributed by atoms with E-state index in [2.05, 4.69) is 15.9 Å². The summed E-state index contributed by atoms with van der Waals surface area (Å²) in [5.41, 5.74) is 1.15. The smallest absolute Gasteiger partial charge is 0.338 e. The molecule has 0 atom stereocenters. The van der Waals surface area contributed by atoms with Gasteiger partial charge < -0.3 is 14.2 Å². The van der Waals surface area contributed by atoms with Crippen LogP contribution in [0.2, 0.25) is 0 Å². The number of methoxy groups -OCH3 is 1. The van der Waals surface area contributed by atoms with Crippen LogP contribution in [0, 0.1) is 0 Å². The number of carbonyl (C=O) groups is 1. The van der Waals surface area contributed by atoms with Crippen LogP contribution in [0.15, 0.2) is 22.7 Å². The molecule has 2 rings (SSSR count). The molecule has 0 N–H and O–H groups in total. The van der Waals surface area contributed by atoms with Gasteiger partial charge in [0.2, 0.25) is 0 Å². The Kier molecular flexibility index (Phi) is 3.58. The fourth-order valence-electron chi connectivity index (χ4n) is 1.59. The molecule has 1 aliphatic heterocycles. The predicted molar refractivity (Wildman–Crippen MR) is 60.1 cm³/mol. The van der Waals surface area contributed by atoms with Crippen molar-refractivity contribution < 1.29 is 19.0 Å². The lowest BCUT2D eigenvalue weighted by Gasteiger charge is -2.15. The van der Waals surface area contributed by atoms with E-state index in [-0.39, 0.29) is 0 Å². The van der Waals surface area contributed by atoms with Crippen molar-refractivity contribution in [3.05, 3.63) is 33.8 Å². The van der Waals surface area contributed by atoms with Crippen molar-refractivity contribution in [3.8, 4) is 0 Å². The van der Waals surface area contributed by atoms with Crippen LogP contribution >= 0.6 is 15.9 Å². The molecule has 0 aliphatic carbocycles. The maximum absolute atomic E-state index is 11.6. The summed E-state index contributed by atoms with van der Waals surface area (Å²) in [5, 5.41) is 0. The highest BCUT2D eigenvalue weighted by Gasteiger charge is 2.26. The molecule has 1 fully saturated rings. The highest BCUT2D eigenvalue weighted by atomic mass is 79.9. The Balaban J connectivity index is 2.43. The fourth-order valence-corrected chi connectivity index (χ4v) is 2.14. The molecule has 1 aromatic carbocycles. The highest BCUT2D eigenvalue weighted by molar-refractivity contribution is 9.10. The first-order chi connectivity index (χ1) is 7.74. The Morgan fingerprint density at radius 2 is 2.12 bits per heavy atom. The van der Waals surface area contributed by atoms with Crippen LogP contribution in [0.4, 0.5) is 0 Å². The Morgan fingerprint density at radius 3 is 2.75 bits per heavy atom. The second-order valence-corrected chi connectivity index (χ2v) is 4.12. The third-order valence-corrected chi connectivity index (χ3v) is 3.01. The van der Waals surface area contributed by atoms with Gasteiger partial charge in [-0.1, -0.05) is 22.0 Å². The van der Waals surface area contributed by atoms with E-state index in [0.717, 1.165) is 4.47 Å². The maximum atomic E-state index is 11.6. The third-order valence-electron chi connectivity index (χ3n) is 2.32. The van der Waals surface area contributed by atoms with Gasteiger partial charge >= 0.3 is 5.97 Å². The molecule has 1 saturated heterocycles. The molecule has 0 spiro atoms. The molecule has 5 heteroatoms. The topological polar surface area (TPSA) is 44.8 Å². The molecule has 1 aliphatic rings. The average molecular weight is 287 g/mol. The second kappa shape index (κ2) is 4.95. The summed E-state index contributed by atoms with van der Waals surface area (Å²) in [4.78, 5) is 11.6. The first-order valence-corrected chi connectivity index (χ1v) is 5.63. The molecule has 0 unspecified atom stereocenters. The first-order valence-electron chi connectivity index (χ1n) is 4.84. The van der Waals surface area contributed by atoms with Crippen LogP contribution in [0.25, 0.3) is 0 Å². The molecule has 0 bridgehead atoms. The molecular weight excluding hydrogens is 276 g/mol. The molecule has 86 valence electrons. The van der Waals surface area contributed by atoms with Gasteiger partial charge in [0.25, 0.3) is 0 Å². The van der Waals surface area contributed by atoms with Crippen LogP contribution in [0.5, 0.6) is 0 Å². The van der Waals surface area contributed by atoms with Crippen LogP contribution in [-0.2, 0) is 14.2 Å². The summed E-state index contributed by atoms with van der Waals surface area (Å²) in [5.74, 6) is -0.393. The van der Waals surface area contributed by atoms with Crippen molar-refractivity contribution in [2.75, 3.05) is 20.3 Å². The van der Waals surface area contributed by atoms with Gasteiger partial charge in [-0.25, -0.2) is 4.79 Å². The molecule has 0 amide bonds. The number of ether oxygens (including phenoxy) is 3. The SMILES string of the molecule is COC(=O)c1cccc(Br)c1C1OCCO1. The monoisotopic (exact) mass is 286 g/mol. The molecule has 1 heterocycles. The lowest BCUT2D eigenvalue weighted by atomic mass is 10.1. The Morgan fingerprint density at radius 1 is 1.44 bits per heavy atom. The zero-order chi connectivity index (χ0) is 11.5. The van der Waals surface area contributed by atoms with E-state index in [0.29, 0.717) is 24.3 Å². The van der Waals surface area contributed by atoms with Gasteiger partial charge in [0.1, 0.15) is 0 Å². The van der Waals surface area contributed by atoms with Crippen LogP contribution in [0.1, 0.15) is 22.2 Å². The molecule has 16 heavy (non-hydrogen) atoms. The number of hydrogen-bond donors (Lipinski definition) is 0. The number of hydrogen-bond acceptors (Lipinski definition) is 4. The van der Waals surface area contributed by atoms with Crippen molar-refractivity contribution in [2.24, 2.45) is 0 Å². The minimum Gasteiger partial charge on any atom is -0.465 e. The first kappa shape index (κ1) is 11.6. The molecule has 0 aromatic heterocycles. The number of esters is 1. The summed E-state index contributed by atoms with van der Waals surface area (Å²) >= 11 is 3.39. The number of benzene rings is 1. The Bertz CT molecular complexity index is 399. The van der Waals surface area contributed by atoms with Gasteiger partial charge in [-0.05, 0) is 12.1 Å². The van der Waals surface area contributed by atoms with E-state index in [9.17, 15) is 4.79 Å². The normalized spacial score (nSPS) is 16.4. The van der Waals surface area contributed by atoms with Crippen molar-refractivity contribution in [2.45, 2.75) is 6.29 Å². The zero-order valence-electron chi connectivity index (χ0n) is 8.73. The molecule has 4 nitrogen and oxygen atoms in total. The third kappa shape index (κ3) is 2.11. The summed E-state index contributed by atoms with van der Waals surface area (Å²) in [6.45, 7) is 1.07. The highest BCUT2D eigenvalue weighted by Crippen LogP contribution is 2.32. The van der Waals surface area contributed by atoms with Crippen LogP contribution in [-0.4, -0.2) is 26.3 Å². The average Bonchev–Trinajstić information content (AvgIpc) is 2.81. The lowest BCUT2D eigenvalue weighted by molar-refractivity contribution is -0.0454. The Hall–Kier alpha value is -0.910. The van der Waals surface area contributed by atoms with E-state index in [1.807, 2.05) is 6.07 Å².